The number of amides is 1. The van der Waals surface area contributed by atoms with E-state index in [1.165, 1.54) is 12.1 Å². The van der Waals surface area contributed by atoms with Crippen LogP contribution in [0.2, 0.25) is 0 Å². The number of fused-ring (bicyclic) bond motifs is 1. The van der Waals surface area contributed by atoms with Crippen LogP contribution in [0.3, 0.4) is 0 Å². The Bertz CT molecular complexity index is 1660. The van der Waals surface area contributed by atoms with E-state index in [1.807, 2.05) is 68.7 Å². The summed E-state index contributed by atoms with van der Waals surface area (Å²) in [7, 11) is 0. The number of nitro benzene ring substituents is 1. The van der Waals surface area contributed by atoms with Crippen molar-refractivity contribution >= 4 is 11.8 Å². The molecule has 5 rings (SSSR count). The number of nitrogens with zero attached hydrogens (tertiary/aromatic N) is 5. The second-order valence-corrected chi connectivity index (χ2v) is 10.8. The van der Waals surface area contributed by atoms with Crippen LogP contribution in [-0.2, 0) is 17.8 Å². The molecule has 41 heavy (non-hydrogen) atoms. The maximum absolute atomic E-state index is 12.9. The summed E-state index contributed by atoms with van der Waals surface area (Å²) < 4.78 is 13.5. The van der Waals surface area contributed by atoms with Crippen molar-refractivity contribution in [2.45, 2.75) is 46.4 Å². The van der Waals surface area contributed by atoms with Gasteiger partial charge in [-0.1, -0.05) is 18.2 Å². The fourth-order valence-corrected chi connectivity index (χ4v) is 4.87. The van der Waals surface area contributed by atoms with Crippen LogP contribution >= 0.6 is 0 Å². The Morgan fingerprint density at radius 2 is 1.71 bits per heavy atom. The van der Waals surface area contributed by atoms with Gasteiger partial charge in [0.1, 0.15) is 17.4 Å². The summed E-state index contributed by atoms with van der Waals surface area (Å²) >= 11 is 0. The monoisotopic (exact) mass is 551 g/mol. The molecule has 1 aliphatic rings. The number of carbonyl (C=O) groups excluding carboxylic acids is 1. The molecule has 0 saturated carbocycles. The van der Waals surface area contributed by atoms with Crippen molar-refractivity contribution in [3.63, 3.8) is 0 Å². The fourth-order valence-electron chi connectivity index (χ4n) is 4.87. The van der Waals surface area contributed by atoms with Crippen molar-refractivity contribution < 1.29 is 19.2 Å². The maximum Gasteiger partial charge on any atom is 0.410 e. The number of aromatic nitrogens is 2. The molecule has 0 spiro atoms. The molecule has 208 valence electrons. The molecule has 2 aromatic carbocycles. The third-order valence-corrected chi connectivity index (χ3v) is 6.65. The van der Waals surface area contributed by atoms with Gasteiger partial charge >= 0.3 is 6.09 Å². The molecule has 0 atom stereocenters. The van der Waals surface area contributed by atoms with Gasteiger partial charge in [0.2, 0.25) is 5.88 Å². The van der Waals surface area contributed by atoms with E-state index >= 15 is 0 Å². The highest BCUT2D eigenvalue weighted by molar-refractivity contribution is 5.88. The molecule has 0 fully saturated rings. The zero-order chi connectivity index (χ0) is 29.3. The molecule has 0 bridgehead atoms. The number of carbonyl (C=O) groups is 1. The van der Waals surface area contributed by atoms with Crippen molar-refractivity contribution in [1.29, 1.82) is 5.26 Å². The minimum Gasteiger partial charge on any atom is -0.444 e. The summed E-state index contributed by atoms with van der Waals surface area (Å²) in [6.45, 7) is 8.32. The summed E-state index contributed by atoms with van der Waals surface area (Å²) in [5.74, 6) is 1.06. The normalized spacial score (nSPS) is 12.8. The van der Waals surface area contributed by atoms with E-state index in [4.69, 9.17) is 9.47 Å². The van der Waals surface area contributed by atoms with Crippen molar-refractivity contribution in [2.75, 3.05) is 6.54 Å². The lowest BCUT2D eigenvalue weighted by molar-refractivity contribution is -0.384. The van der Waals surface area contributed by atoms with Crippen LogP contribution < -0.4 is 4.74 Å². The van der Waals surface area contributed by atoms with Crippen LogP contribution in [0.25, 0.3) is 22.4 Å². The number of non-ortho nitro benzene ring substituents is 1. The SMILES string of the molecule is Cc1cccc(Oc2ccc(-c3c(C#N)c4n(c3-c3ccc([N+](=O)[O-])cc3)CCN(C(=O)OC(C)(C)C)C4)cc2)n1. The molecule has 0 aliphatic carbocycles. The number of hydrogen-bond donors (Lipinski definition) is 0. The van der Waals surface area contributed by atoms with E-state index < -0.39 is 16.6 Å². The Hall–Kier alpha value is -5.17. The minimum absolute atomic E-state index is 0.0245. The first-order valence-electron chi connectivity index (χ1n) is 13.1. The molecule has 2 aromatic heterocycles. The maximum atomic E-state index is 12.9. The Morgan fingerprint density at radius 3 is 2.32 bits per heavy atom. The highest BCUT2D eigenvalue weighted by Crippen LogP contribution is 2.42. The highest BCUT2D eigenvalue weighted by Gasteiger charge is 2.32. The van der Waals surface area contributed by atoms with Gasteiger partial charge in [-0.15, -0.1) is 0 Å². The number of benzene rings is 2. The number of ether oxygens (including phenoxy) is 2. The first-order valence-corrected chi connectivity index (χ1v) is 13.1. The zero-order valence-electron chi connectivity index (χ0n) is 23.2. The lowest BCUT2D eigenvalue weighted by Crippen LogP contribution is -2.41. The first kappa shape index (κ1) is 27.4. The van der Waals surface area contributed by atoms with Gasteiger partial charge in [-0.2, -0.15) is 5.26 Å². The molecule has 1 aliphatic heterocycles. The lowest BCUT2D eigenvalue weighted by atomic mass is 9.97. The van der Waals surface area contributed by atoms with E-state index in [0.29, 0.717) is 41.5 Å². The van der Waals surface area contributed by atoms with Gasteiger partial charge in [0.15, 0.2) is 0 Å². The van der Waals surface area contributed by atoms with E-state index in [0.717, 1.165) is 22.5 Å². The zero-order valence-corrected chi connectivity index (χ0v) is 23.2. The summed E-state index contributed by atoms with van der Waals surface area (Å²) in [5, 5.41) is 21.7. The molecule has 1 amide bonds. The van der Waals surface area contributed by atoms with E-state index in [1.54, 1.807) is 23.1 Å². The van der Waals surface area contributed by atoms with Gasteiger partial charge < -0.3 is 18.9 Å². The van der Waals surface area contributed by atoms with E-state index in [2.05, 4.69) is 11.1 Å². The smallest absolute Gasteiger partial charge is 0.410 e. The fraction of sp³-hybridized carbons (Fsp3) is 0.258. The number of hydrogen-bond acceptors (Lipinski definition) is 7. The molecule has 10 nitrogen and oxygen atoms in total. The predicted molar refractivity (Wildman–Crippen MR) is 152 cm³/mol. The molecule has 10 heteroatoms. The third-order valence-electron chi connectivity index (χ3n) is 6.65. The quantitative estimate of drug-likeness (QED) is 0.196. The van der Waals surface area contributed by atoms with Gasteiger partial charge in [0.25, 0.3) is 5.69 Å². The predicted octanol–water partition coefficient (Wildman–Crippen LogP) is 6.85. The largest absolute Gasteiger partial charge is 0.444 e. The standard InChI is InChI=1S/C31H29N5O5/c1-20-6-5-7-27(33-20)40-24-14-10-21(11-15-24)28-25(18-32)26-19-34(30(37)41-31(2,3)4)16-17-35(26)29(28)22-8-12-23(13-9-22)36(38)39/h5-15H,16-17,19H2,1-4H3. The second kappa shape index (κ2) is 10.8. The van der Waals surface area contributed by atoms with Crippen LogP contribution in [0.15, 0.2) is 66.7 Å². The van der Waals surface area contributed by atoms with Crippen LogP contribution in [0.1, 0.15) is 37.7 Å². The van der Waals surface area contributed by atoms with Gasteiger partial charge in [-0.3, -0.25) is 10.1 Å². The number of aryl methyl sites for hydroxylation is 1. The van der Waals surface area contributed by atoms with Crippen LogP contribution in [0, 0.1) is 28.4 Å². The molecule has 0 radical (unpaired) electrons. The summed E-state index contributed by atoms with van der Waals surface area (Å²) in [6.07, 6.45) is -0.446. The molecule has 0 unspecified atom stereocenters. The van der Waals surface area contributed by atoms with Crippen molar-refractivity contribution in [1.82, 2.24) is 14.5 Å². The van der Waals surface area contributed by atoms with Gasteiger partial charge in [-0.05, 0) is 69.2 Å². The van der Waals surface area contributed by atoms with Crippen LogP contribution in [0.4, 0.5) is 10.5 Å². The van der Waals surface area contributed by atoms with Crippen LogP contribution in [0.5, 0.6) is 11.6 Å². The third kappa shape index (κ3) is 5.75. The molecule has 4 aromatic rings. The van der Waals surface area contributed by atoms with Crippen LogP contribution in [-0.4, -0.2) is 37.6 Å². The van der Waals surface area contributed by atoms with Crippen molar-refractivity contribution in [2.24, 2.45) is 0 Å². The first-order chi connectivity index (χ1) is 19.5. The average molecular weight is 552 g/mol. The number of nitriles is 1. The van der Waals surface area contributed by atoms with Gasteiger partial charge in [0, 0.05) is 42.5 Å². The Kier molecular flexibility index (Phi) is 7.20. The van der Waals surface area contributed by atoms with Gasteiger partial charge in [-0.25, -0.2) is 9.78 Å². The van der Waals surface area contributed by atoms with E-state index in [9.17, 15) is 20.2 Å². The Balaban J connectivity index is 1.59. The Morgan fingerprint density at radius 1 is 1.02 bits per heavy atom. The second-order valence-electron chi connectivity index (χ2n) is 10.8. The number of pyridine rings is 1. The Labute approximate surface area is 237 Å². The molecule has 3 heterocycles. The minimum atomic E-state index is -0.651. The van der Waals surface area contributed by atoms with E-state index in [-0.39, 0.29) is 12.2 Å². The number of rotatable bonds is 5. The lowest BCUT2D eigenvalue weighted by Gasteiger charge is -2.31. The van der Waals surface area contributed by atoms with Crippen molar-refractivity contribution in [3.05, 3.63) is 93.8 Å². The van der Waals surface area contributed by atoms with Crippen molar-refractivity contribution in [3.8, 4) is 40.1 Å². The number of nitro groups is 1. The highest BCUT2D eigenvalue weighted by atomic mass is 16.6. The summed E-state index contributed by atoms with van der Waals surface area (Å²) in [4.78, 5) is 29.7. The average Bonchev–Trinajstić information content (AvgIpc) is 3.26. The summed E-state index contributed by atoms with van der Waals surface area (Å²) in [5.41, 5.74) is 4.20. The topological polar surface area (TPSA) is 124 Å². The molecule has 0 N–H and O–H groups in total. The molecule has 0 saturated heterocycles. The molecular weight excluding hydrogens is 522 g/mol. The molecular formula is C31H29N5O5. The summed E-state index contributed by atoms with van der Waals surface area (Å²) in [6, 6.07) is 21.5. The van der Waals surface area contributed by atoms with Gasteiger partial charge in [0.05, 0.1) is 28.4 Å².